The number of rotatable bonds is 9. The van der Waals surface area contributed by atoms with Gasteiger partial charge in [0.25, 0.3) is 5.91 Å². The molecule has 0 fully saturated rings. The summed E-state index contributed by atoms with van der Waals surface area (Å²) in [5.41, 5.74) is 1.94. The van der Waals surface area contributed by atoms with Crippen LogP contribution in [0.2, 0.25) is 0 Å². The minimum atomic E-state index is -0.342. The largest absolute Gasteiger partial charge is 0.496 e. The summed E-state index contributed by atoms with van der Waals surface area (Å²) in [7, 11) is 1.66. The molecule has 3 rings (SSSR count). The van der Waals surface area contributed by atoms with Gasteiger partial charge < -0.3 is 20.1 Å². The zero-order chi connectivity index (χ0) is 20.5. The average molecular weight is 392 g/mol. The lowest BCUT2D eigenvalue weighted by atomic mass is 10.1. The number of nitrogens with zero attached hydrogens (tertiary/aromatic N) is 2. The summed E-state index contributed by atoms with van der Waals surface area (Å²) >= 11 is 0. The Morgan fingerprint density at radius 2 is 1.76 bits per heavy atom. The van der Waals surface area contributed by atoms with Crippen LogP contribution in [-0.2, 0) is 6.42 Å². The number of ether oxygens (including phenoxy) is 2. The highest BCUT2D eigenvalue weighted by molar-refractivity contribution is 6.03. The van der Waals surface area contributed by atoms with E-state index in [1.165, 1.54) is 6.20 Å². The molecule has 0 aliphatic rings. The molecule has 2 N–H and O–H groups in total. The van der Waals surface area contributed by atoms with Crippen molar-refractivity contribution in [2.24, 2.45) is 0 Å². The second-order valence-corrected chi connectivity index (χ2v) is 6.16. The maximum Gasteiger partial charge on any atom is 0.275 e. The predicted molar refractivity (Wildman–Crippen MR) is 113 cm³/mol. The number of nitrogens with one attached hydrogen (secondary N) is 2. The van der Waals surface area contributed by atoms with Gasteiger partial charge in [-0.15, -0.1) is 0 Å². The second-order valence-electron chi connectivity index (χ2n) is 6.16. The van der Waals surface area contributed by atoms with Crippen molar-refractivity contribution >= 4 is 17.4 Å². The number of para-hydroxylation sites is 3. The highest BCUT2D eigenvalue weighted by Crippen LogP contribution is 2.24. The number of anilines is 2. The Bertz CT molecular complexity index is 945. The summed E-state index contributed by atoms with van der Waals surface area (Å²) < 4.78 is 10.9. The zero-order valence-electron chi connectivity index (χ0n) is 16.5. The lowest BCUT2D eigenvalue weighted by Gasteiger charge is -2.11. The normalized spacial score (nSPS) is 10.3. The monoisotopic (exact) mass is 392 g/mol. The van der Waals surface area contributed by atoms with Crippen molar-refractivity contribution < 1.29 is 14.3 Å². The van der Waals surface area contributed by atoms with Crippen LogP contribution >= 0.6 is 0 Å². The van der Waals surface area contributed by atoms with Gasteiger partial charge in [0, 0.05) is 6.54 Å². The first-order valence-electron chi connectivity index (χ1n) is 9.42. The van der Waals surface area contributed by atoms with Gasteiger partial charge in [-0.05, 0) is 37.1 Å². The van der Waals surface area contributed by atoms with Crippen molar-refractivity contribution in [3.05, 3.63) is 72.2 Å². The summed E-state index contributed by atoms with van der Waals surface area (Å²) in [5.74, 6) is 1.74. The van der Waals surface area contributed by atoms with E-state index < -0.39 is 0 Å². The molecule has 1 amide bonds. The fourth-order valence-corrected chi connectivity index (χ4v) is 2.81. The Morgan fingerprint density at radius 1 is 1.00 bits per heavy atom. The van der Waals surface area contributed by atoms with Crippen LogP contribution in [0.3, 0.4) is 0 Å². The quantitative estimate of drug-likeness (QED) is 0.576. The smallest absolute Gasteiger partial charge is 0.275 e. The van der Waals surface area contributed by atoms with E-state index in [1.54, 1.807) is 25.4 Å². The number of carbonyl (C=O) groups excluding carboxylic acids is 1. The van der Waals surface area contributed by atoms with Crippen molar-refractivity contribution in [2.75, 3.05) is 30.9 Å². The molecular formula is C22H24N4O3. The van der Waals surface area contributed by atoms with Crippen LogP contribution < -0.4 is 20.1 Å². The number of hydrogen-bond donors (Lipinski definition) is 2. The maximum atomic E-state index is 12.4. The highest BCUT2D eigenvalue weighted by Gasteiger charge is 2.11. The number of carbonyl (C=O) groups is 1. The number of amides is 1. The van der Waals surface area contributed by atoms with Gasteiger partial charge in [0.05, 0.1) is 31.8 Å². The van der Waals surface area contributed by atoms with Crippen molar-refractivity contribution in [3.63, 3.8) is 0 Å². The summed E-state index contributed by atoms with van der Waals surface area (Å²) in [5, 5.41) is 6.01. The van der Waals surface area contributed by atoms with Gasteiger partial charge in [0.15, 0.2) is 0 Å². The molecule has 0 saturated heterocycles. The molecule has 7 nitrogen and oxygen atoms in total. The first kappa shape index (κ1) is 20.1. The van der Waals surface area contributed by atoms with E-state index in [9.17, 15) is 4.79 Å². The van der Waals surface area contributed by atoms with Gasteiger partial charge in [0.2, 0.25) is 0 Å². The third kappa shape index (κ3) is 5.44. The lowest BCUT2D eigenvalue weighted by Crippen LogP contribution is -2.15. The molecule has 0 bridgehead atoms. The van der Waals surface area contributed by atoms with Crippen molar-refractivity contribution in [1.82, 2.24) is 9.97 Å². The minimum absolute atomic E-state index is 0.228. The van der Waals surface area contributed by atoms with E-state index in [1.807, 2.05) is 43.3 Å². The molecule has 0 spiro atoms. The van der Waals surface area contributed by atoms with Gasteiger partial charge in [-0.3, -0.25) is 4.79 Å². The molecule has 3 aromatic rings. The predicted octanol–water partition coefficient (Wildman–Crippen LogP) is 3.79. The van der Waals surface area contributed by atoms with E-state index in [0.29, 0.717) is 30.4 Å². The lowest BCUT2D eigenvalue weighted by molar-refractivity contribution is 0.102. The van der Waals surface area contributed by atoms with Gasteiger partial charge in [-0.25, -0.2) is 9.97 Å². The topological polar surface area (TPSA) is 85.4 Å². The Balaban J connectivity index is 1.56. The standard InChI is InChI=1S/C22H24N4O3/c1-3-29-20-11-7-5-9-17(20)26-22(27)18-14-25-21(15-24-18)23-13-12-16-8-4-6-10-19(16)28-2/h4-11,14-15H,3,12-13H2,1-2H3,(H,23,25)(H,26,27). The van der Waals surface area contributed by atoms with Gasteiger partial charge in [-0.2, -0.15) is 0 Å². The van der Waals surface area contributed by atoms with Crippen LogP contribution in [-0.4, -0.2) is 36.1 Å². The third-order valence-corrected chi connectivity index (χ3v) is 4.21. The summed E-state index contributed by atoms with van der Waals surface area (Å²) in [6.45, 7) is 3.08. The molecule has 7 heteroatoms. The van der Waals surface area contributed by atoms with E-state index in [-0.39, 0.29) is 11.6 Å². The number of hydrogen-bond acceptors (Lipinski definition) is 6. The van der Waals surface area contributed by atoms with Crippen LogP contribution in [0.5, 0.6) is 11.5 Å². The molecule has 0 radical (unpaired) electrons. The molecule has 0 atom stereocenters. The molecule has 0 unspecified atom stereocenters. The molecule has 29 heavy (non-hydrogen) atoms. The summed E-state index contributed by atoms with van der Waals surface area (Å²) in [4.78, 5) is 20.9. The Morgan fingerprint density at radius 3 is 2.48 bits per heavy atom. The molecule has 2 aromatic carbocycles. The van der Waals surface area contributed by atoms with E-state index in [2.05, 4.69) is 20.6 Å². The second kappa shape index (κ2) is 10.1. The minimum Gasteiger partial charge on any atom is -0.496 e. The van der Waals surface area contributed by atoms with E-state index in [4.69, 9.17) is 9.47 Å². The first-order valence-corrected chi connectivity index (χ1v) is 9.42. The van der Waals surface area contributed by atoms with E-state index >= 15 is 0 Å². The Kier molecular flexibility index (Phi) is 7.00. The van der Waals surface area contributed by atoms with Crippen molar-refractivity contribution in [1.29, 1.82) is 0 Å². The van der Waals surface area contributed by atoms with Crippen LogP contribution in [0.1, 0.15) is 23.0 Å². The summed E-state index contributed by atoms with van der Waals surface area (Å²) in [6.07, 6.45) is 3.78. The van der Waals surface area contributed by atoms with Gasteiger partial charge in [0.1, 0.15) is 23.0 Å². The maximum absolute atomic E-state index is 12.4. The Labute approximate surface area is 170 Å². The zero-order valence-corrected chi connectivity index (χ0v) is 16.5. The van der Waals surface area contributed by atoms with Crippen LogP contribution in [0.25, 0.3) is 0 Å². The fraction of sp³-hybridized carbons (Fsp3) is 0.227. The molecule has 0 saturated carbocycles. The average Bonchev–Trinajstić information content (AvgIpc) is 2.76. The Hall–Kier alpha value is -3.61. The van der Waals surface area contributed by atoms with Gasteiger partial charge >= 0.3 is 0 Å². The molecule has 150 valence electrons. The van der Waals surface area contributed by atoms with Crippen molar-refractivity contribution in [2.45, 2.75) is 13.3 Å². The number of benzene rings is 2. The SMILES string of the molecule is CCOc1ccccc1NC(=O)c1cnc(NCCc2ccccc2OC)cn1. The summed E-state index contributed by atoms with van der Waals surface area (Å²) in [6, 6.07) is 15.2. The van der Waals surface area contributed by atoms with Crippen LogP contribution in [0.15, 0.2) is 60.9 Å². The number of methoxy groups -OCH3 is 1. The molecule has 1 heterocycles. The van der Waals surface area contributed by atoms with Crippen LogP contribution in [0.4, 0.5) is 11.5 Å². The van der Waals surface area contributed by atoms with Crippen molar-refractivity contribution in [3.8, 4) is 11.5 Å². The molecular weight excluding hydrogens is 368 g/mol. The molecule has 1 aromatic heterocycles. The molecule has 0 aliphatic carbocycles. The highest BCUT2D eigenvalue weighted by atomic mass is 16.5. The number of aromatic nitrogens is 2. The van der Waals surface area contributed by atoms with E-state index in [0.717, 1.165) is 17.7 Å². The third-order valence-electron chi connectivity index (χ3n) is 4.21. The fourth-order valence-electron chi connectivity index (χ4n) is 2.81. The van der Waals surface area contributed by atoms with Crippen LogP contribution in [0, 0.1) is 0 Å². The first-order chi connectivity index (χ1) is 14.2. The molecule has 0 aliphatic heterocycles. The van der Waals surface area contributed by atoms with Gasteiger partial charge in [-0.1, -0.05) is 30.3 Å².